The fourth-order valence-electron chi connectivity index (χ4n) is 2.65. The van der Waals surface area contributed by atoms with Crippen LogP contribution in [0.25, 0.3) is 0 Å². The number of rotatable bonds is 6. The zero-order chi connectivity index (χ0) is 14.7. The minimum absolute atomic E-state index is 0.341. The third-order valence-electron chi connectivity index (χ3n) is 3.97. The second-order valence-electron chi connectivity index (χ2n) is 5.44. The van der Waals surface area contributed by atoms with Gasteiger partial charge in [0.15, 0.2) is 0 Å². The molecule has 0 heterocycles. The monoisotopic (exact) mass is 283 g/mol. The standard InChI is InChI=1S/C18H21NO2/c1-20-15-10-11-16(17(12-15)21-2)19-18(14-8-9-14)13-6-4-3-5-7-13/h3-7,10-12,14,18-19H,8-9H2,1-2H3. The van der Waals surface area contributed by atoms with E-state index >= 15 is 0 Å². The van der Waals surface area contributed by atoms with E-state index < -0.39 is 0 Å². The van der Waals surface area contributed by atoms with Crippen LogP contribution in [0.15, 0.2) is 48.5 Å². The van der Waals surface area contributed by atoms with Gasteiger partial charge in [-0.2, -0.15) is 0 Å². The first-order valence-electron chi connectivity index (χ1n) is 7.35. The molecule has 1 aliphatic carbocycles. The van der Waals surface area contributed by atoms with E-state index in [1.165, 1.54) is 18.4 Å². The van der Waals surface area contributed by atoms with Gasteiger partial charge in [-0.25, -0.2) is 0 Å². The summed E-state index contributed by atoms with van der Waals surface area (Å²) in [5.41, 5.74) is 2.34. The highest BCUT2D eigenvalue weighted by Gasteiger charge is 2.32. The van der Waals surface area contributed by atoms with Crippen molar-refractivity contribution in [2.24, 2.45) is 5.92 Å². The van der Waals surface area contributed by atoms with E-state index in [0.717, 1.165) is 17.2 Å². The zero-order valence-electron chi connectivity index (χ0n) is 12.5. The van der Waals surface area contributed by atoms with Gasteiger partial charge in [0.1, 0.15) is 11.5 Å². The molecule has 1 saturated carbocycles. The lowest BCUT2D eigenvalue weighted by atomic mass is 10.0. The van der Waals surface area contributed by atoms with E-state index in [1.54, 1.807) is 14.2 Å². The lowest BCUT2D eigenvalue weighted by Gasteiger charge is -2.22. The Morgan fingerprint density at radius 1 is 1.00 bits per heavy atom. The van der Waals surface area contributed by atoms with Crippen molar-refractivity contribution in [3.8, 4) is 11.5 Å². The second kappa shape index (κ2) is 6.08. The molecule has 21 heavy (non-hydrogen) atoms. The van der Waals surface area contributed by atoms with E-state index in [2.05, 4.69) is 35.6 Å². The van der Waals surface area contributed by atoms with E-state index in [-0.39, 0.29) is 0 Å². The third-order valence-corrected chi connectivity index (χ3v) is 3.97. The maximum atomic E-state index is 5.48. The van der Waals surface area contributed by atoms with Crippen LogP contribution in [0.5, 0.6) is 11.5 Å². The fraction of sp³-hybridized carbons (Fsp3) is 0.333. The number of hydrogen-bond acceptors (Lipinski definition) is 3. The summed E-state index contributed by atoms with van der Waals surface area (Å²) >= 11 is 0. The predicted molar refractivity (Wildman–Crippen MR) is 85.1 cm³/mol. The molecule has 1 N–H and O–H groups in total. The minimum Gasteiger partial charge on any atom is -0.497 e. The fourth-order valence-corrected chi connectivity index (χ4v) is 2.65. The summed E-state index contributed by atoms with van der Waals surface area (Å²) in [6, 6.07) is 16.9. The summed E-state index contributed by atoms with van der Waals surface area (Å²) in [4.78, 5) is 0. The molecular formula is C18H21NO2. The smallest absolute Gasteiger partial charge is 0.145 e. The van der Waals surface area contributed by atoms with Crippen LogP contribution in [-0.2, 0) is 0 Å². The first kappa shape index (κ1) is 13.8. The summed E-state index contributed by atoms with van der Waals surface area (Å²) in [6.45, 7) is 0. The van der Waals surface area contributed by atoms with Gasteiger partial charge in [-0.05, 0) is 36.5 Å². The number of methoxy groups -OCH3 is 2. The molecule has 0 radical (unpaired) electrons. The molecule has 1 fully saturated rings. The van der Waals surface area contributed by atoms with Gasteiger partial charge in [0.25, 0.3) is 0 Å². The lowest BCUT2D eigenvalue weighted by molar-refractivity contribution is 0.395. The summed E-state index contributed by atoms with van der Waals surface area (Å²) in [7, 11) is 3.35. The Hall–Kier alpha value is -2.16. The Labute approximate surface area is 125 Å². The Balaban J connectivity index is 1.86. The first-order chi connectivity index (χ1) is 10.3. The molecule has 1 aliphatic rings. The molecule has 0 bridgehead atoms. The summed E-state index contributed by atoms with van der Waals surface area (Å²) in [6.07, 6.45) is 2.57. The summed E-state index contributed by atoms with van der Waals surface area (Å²) < 4.78 is 10.7. The van der Waals surface area contributed by atoms with Crippen molar-refractivity contribution in [2.45, 2.75) is 18.9 Å². The van der Waals surface area contributed by atoms with E-state index in [0.29, 0.717) is 12.0 Å². The molecule has 0 spiro atoms. The quantitative estimate of drug-likeness (QED) is 0.859. The average Bonchev–Trinajstić information content (AvgIpc) is 3.38. The molecule has 0 aliphatic heterocycles. The highest BCUT2D eigenvalue weighted by atomic mass is 16.5. The van der Waals surface area contributed by atoms with Gasteiger partial charge in [0.05, 0.1) is 25.9 Å². The van der Waals surface area contributed by atoms with Crippen LogP contribution in [0.4, 0.5) is 5.69 Å². The van der Waals surface area contributed by atoms with Crippen LogP contribution in [0.1, 0.15) is 24.4 Å². The van der Waals surface area contributed by atoms with Crippen LogP contribution >= 0.6 is 0 Å². The van der Waals surface area contributed by atoms with Gasteiger partial charge in [-0.15, -0.1) is 0 Å². The summed E-state index contributed by atoms with van der Waals surface area (Å²) in [5.74, 6) is 2.33. The topological polar surface area (TPSA) is 30.5 Å². The molecular weight excluding hydrogens is 262 g/mol. The Morgan fingerprint density at radius 3 is 2.38 bits per heavy atom. The molecule has 1 atom stereocenters. The maximum absolute atomic E-state index is 5.48. The van der Waals surface area contributed by atoms with Crippen molar-refractivity contribution in [2.75, 3.05) is 19.5 Å². The molecule has 1 unspecified atom stereocenters. The maximum Gasteiger partial charge on any atom is 0.145 e. The first-order valence-corrected chi connectivity index (χ1v) is 7.35. The van der Waals surface area contributed by atoms with Gasteiger partial charge in [-0.3, -0.25) is 0 Å². The van der Waals surface area contributed by atoms with E-state index in [9.17, 15) is 0 Å². The molecule has 2 aromatic carbocycles. The van der Waals surface area contributed by atoms with Gasteiger partial charge >= 0.3 is 0 Å². The molecule has 3 nitrogen and oxygen atoms in total. The number of ether oxygens (including phenoxy) is 2. The Kier molecular flexibility index (Phi) is 4.00. The summed E-state index contributed by atoms with van der Waals surface area (Å²) in [5, 5.41) is 3.65. The molecule has 0 saturated heterocycles. The Morgan fingerprint density at radius 2 is 1.76 bits per heavy atom. The predicted octanol–water partition coefficient (Wildman–Crippen LogP) is 4.27. The van der Waals surface area contributed by atoms with Crippen molar-refractivity contribution >= 4 is 5.69 Å². The molecule has 3 rings (SSSR count). The van der Waals surface area contributed by atoms with Crippen molar-refractivity contribution in [1.82, 2.24) is 0 Å². The number of benzene rings is 2. The molecule has 2 aromatic rings. The molecule has 0 aromatic heterocycles. The van der Waals surface area contributed by atoms with Gasteiger partial charge in [0.2, 0.25) is 0 Å². The average molecular weight is 283 g/mol. The van der Waals surface area contributed by atoms with Crippen LogP contribution in [0, 0.1) is 5.92 Å². The van der Waals surface area contributed by atoms with Crippen molar-refractivity contribution in [1.29, 1.82) is 0 Å². The lowest BCUT2D eigenvalue weighted by Crippen LogP contribution is -2.13. The van der Waals surface area contributed by atoms with Crippen LogP contribution < -0.4 is 14.8 Å². The number of anilines is 1. The Bertz CT molecular complexity index is 593. The largest absolute Gasteiger partial charge is 0.497 e. The van der Waals surface area contributed by atoms with Crippen LogP contribution in [0.2, 0.25) is 0 Å². The molecule has 3 heteroatoms. The third kappa shape index (κ3) is 3.13. The molecule has 0 amide bonds. The van der Waals surface area contributed by atoms with Crippen molar-refractivity contribution in [3.63, 3.8) is 0 Å². The van der Waals surface area contributed by atoms with E-state index in [4.69, 9.17) is 9.47 Å². The van der Waals surface area contributed by atoms with Gasteiger partial charge in [0, 0.05) is 6.07 Å². The SMILES string of the molecule is COc1ccc(NC(c2ccccc2)C2CC2)c(OC)c1. The van der Waals surface area contributed by atoms with Gasteiger partial charge < -0.3 is 14.8 Å². The van der Waals surface area contributed by atoms with E-state index in [1.807, 2.05) is 18.2 Å². The zero-order valence-corrected chi connectivity index (χ0v) is 12.5. The van der Waals surface area contributed by atoms with Crippen molar-refractivity contribution in [3.05, 3.63) is 54.1 Å². The van der Waals surface area contributed by atoms with Gasteiger partial charge in [-0.1, -0.05) is 30.3 Å². The van der Waals surface area contributed by atoms with Crippen LogP contribution in [0.3, 0.4) is 0 Å². The highest BCUT2D eigenvalue weighted by molar-refractivity contribution is 5.60. The number of hydrogen-bond donors (Lipinski definition) is 1. The van der Waals surface area contributed by atoms with Crippen molar-refractivity contribution < 1.29 is 9.47 Å². The second-order valence-corrected chi connectivity index (χ2v) is 5.44. The number of nitrogens with one attached hydrogen (secondary N) is 1. The molecule has 110 valence electrons. The highest BCUT2D eigenvalue weighted by Crippen LogP contribution is 2.44. The van der Waals surface area contributed by atoms with Crippen LogP contribution in [-0.4, -0.2) is 14.2 Å². The minimum atomic E-state index is 0.341. The normalized spacial score (nSPS) is 15.3.